The molecule has 27 heavy (non-hydrogen) atoms. The van der Waals surface area contributed by atoms with Gasteiger partial charge in [-0.3, -0.25) is 14.5 Å². The second kappa shape index (κ2) is 7.61. The summed E-state index contributed by atoms with van der Waals surface area (Å²) < 4.78 is 6.71. The molecule has 1 atom stereocenters. The van der Waals surface area contributed by atoms with Crippen molar-refractivity contribution in [3.05, 3.63) is 41.6 Å². The number of amides is 2. The van der Waals surface area contributed by atoms with Crippen molar-refractivity contribution in [1.29, 1.82) is 0 Å². The van der Waals surface area contributed by atoms with E-state index in [1.54, 1.807) is 48.9 Å². The van der Waals surface area contributed by atoms with Crippen LogP contribution in [0.3, 0.4) is 0 Å². The lowest BCUT2D eigenvalue weighted by Crippen LogP contribution is -2.49. The fourth-order valence-electron chi connectivity index (χ4n) is 3.06. The quantitative estimate of drug-likeness (QED) is 0.814. The van der Waals surface area contributed by atoms with Gasteiger partial charge in [-0.05, 0) is 39.0 Å². The Labute approximate surface area is 157 Å². The number of carbonyl (C=O) groups excluding carboxylic acids is 3. The Kier molecular flexibility index (Phi) is 5.25. The number of rotatable bonds is 5. The zero-order valence-electron chi connectivity index (χ0n) is 15.6. The van der Waals surface area contributed by atoms with Crippen LogP contribution in [0.4, 0.5) is 11.5 Å². The summed E-state index contributed by atoms with van der Waals surface area (Å²) in [5.74, 6) is -0.305. The van der Waals surface area contributed by atoms with Crippen LogP contribution in [0, 0.1) is 6.92 Å². The largest absolute Gasteiger partial charge is 0.462 e. The number of carbonyl (C=O) groups is 3. The molecule has 2 heterocycles. The number of hydrogen-bond acceptors (Lipinski definition) is 5. The molecule has 0 radical (unpaired) electrons. The van der Waals surface area contributed by atoms with Crippen molar-refractivity contribution in [2.45, 2.75) is 39.8 Å². The number of anilines is 2. The predicted octanol–water partition coefficient (Wildman–Crippen LogP) is 2.13. The van der Waals surface area contributed by atoms with Crippen molar-refractivity contribution in [3.63, 3.8) is 0 Å². The Balaban J connectivity index is 1.78. The van der Waals surface area contributed by atoms with E-state index in [9.17, 15) is 14.4 Å². The van der Waals surface area contributed by atoms with Crippen LogP contribution in [-0.4, -0.2) is 40.2 Å². The molecule has 1 aromatic heterocycles. The fourth-order valence-corrected chi connectivity index (χ4v) is 3.06. The van der Waals surface area contributed by atoms with Gasteiger partial charge in [-0.25, -0.2) is 9.48 Å². The molecule has 8 nitrogen and oxygen atoms in total. The highest BCUT2D eigenvalue weighted by atomic mass is 16.5. The van der Waals surface area contributed by atoms with Crippen molar-refractivity contribution in [3.8, 4) is 0 Å². The first-order valence-corrected chi connectivity index (χ1v) is 8.85. The number of benzene rings is 1. The molecule has 2 aromatic rings. The summed E-state index contributed by atoms with van der Waals surface area (Å²) >= 11 is 0. The molecule has 1 aromatic carbocycles. The Hall–Kier alpha value is -3.16. The summed E-state index contributed by atoms with van der Waals surface area (Å²) in [6, 6.07) is 7.58. The maximum atomic E-state index is 12.7. The van der Waals surface area contributed by atoms with Crippen LogP contribution >= 0.6 is 0 Å². The van der Waals surface area contributed by atoms with Crippen LogP contribution in [-0.2, 0) is 20.9 Å². The Bertz CT molecular complexity index is 890. The van der Waals surface area contributed by atoms with Crippen molar-refractivity contribution < 1.29 is 19.1 Å². The first kappa shape index (κ1) is 18.6. The van der Waals surface area contributed by atoms with Crippen LogP contribution in [0.25, 0.3) is 0 Å². The lowest BCUT2D eigenvalue weighted by molar-refractivity contribution is -0.124. The average Bonchev–Trinajstić information content (AvgIpc) is 3.01. The van der Waals surface area contributed by atoms with Gasteiger partial charge in [0.25, 0.3) is 0 Å². The molecule has 0 aliphatic carbocycles. The minimum absolute atomic E-state index is 0.120. The number of aryl methyl sites for hydroxylation is 2. The summed E-state index contributed by atoms with van der Waals surface area (Å²) in [4.78, 5) is 38.5. The van der Waals surface area contributed by atoms with E-state index in [1.807, 2.05) is 6.92 Å². The first-order valence-electron chi connectivity index (χ1n) is 8.85. The summed E-state index contributed by atoms with van der Waals surface area (Å²) in [7, 11) is 0. The topological polar surface area (TPSA) is 93.5 Å². The zero-order chi connectivity index (χ0) is 19.6. The van der Waals surface area contributed by atoms with Crippen LogP contribution in [0.5, 0.6) is 0 Å². The van der Waals surface area contributed by atoms with Gasteiger partial charge in [0.05, 0.1) is 24.4 Å². The molecule has 0 spiro atoms. The maximum Gasteiger partial charge on any atom is 0.338 e. The van der Waals surface area contributed by atoms with Gasteiger partial charge in [-0.1, -0.05) is 6.07 Å². The van der Waals surface area contributed by atoms with Gasteiger partial charge in [0.1, 0.15) is 11.9 Å². The molecule has 1 aliphatic heterocycles. The van der Waals surface area contributed by atoms with Gasteiger partial charge in [0.2, 0.25) is 11.8 Å². The Morgan fingerprint density at radius 3 is 2.85 bits per heavy atom. The predicted molar refractivity (Wildman–Crippen MR) is 99.6 cm³/mol. The van der Waals surface area contributed by atoms with Crippen molar-refractivity contribution in [2.24, 2.45) is 0 Å². The zero-order valence-corrected chi connectivity index (χ0v) is 15.6. The van der Waals surface area contributed by atoms with Crippen molar-refractivity contribution in [1.82, 2.24) is 9.78 Å². The molecule has 3 rings (SSSR count). The van der Waals surface area contributed by atoms with Gasteiger partial charge in [-0.2, -0.15) is 5.10 Å². The number of aromatic nitrogens is 2. The monoisotopic (exact) mass is 370 g/mol. The number of hydrogen-bond donors (Lipinski definition) is 1. The summed E-state index contributed by atoms with van der Waals surface area (Å²) in [6.45, 7) is 6.03. The highest BCUT2D eigenvalue weighted by Gasteiger charge is 2.33. The van der Waals surface area contributed by atoms with Gasteiger partial charge in [0, 0.05) is 18.2 Å². The maximum absolute atomic E-state index is 12.7. The Morgan fingerprint density at radius 1 is 1.33 bits per heavy atom. The molecule has 2 amide bonds. The highest BCUT2D eigenvalue weighted by molar-refractivity contribution is 6.05. The molecule has 1 unspecified atom stereocenters. The van der Waals surface area contributed by atoms with Gasteiger partial charge in [0.15, 0.2) is 0 Å². The number of ether oxygens (including phenoxy) is 1. The van der Waals surface area contributed by atoms with E-state index in [0.29, 0.717) is 30.0 Å². The van der Waals surface area contributed by atoms with E-state index in [-0.39, 0.29) is 18.4 Å². The molecule has 8 heteroatoms. The normalized spacial score (nSPS) is 14.5. The van der Waals surface area contributed by atoms with Crippen LogP contribution in [0.15, 0.2) is 30.3 Å². The van der Waals surface area contributed by atoms with Crippen molar-refractivity contribution >= 4 is 29.3 Å². The lowest BCUT2D eigenvalue weighted by Gasteiger charge is -2.31. The third kappa shape index (κ3) is 3.84. The summed E-state index contributed by atoms with van der Waals surface area (Å²) in [5, 5.41) is 7.11. The SMILES string of the molecule is CCOC(=O)c1cccc(NC(=O)C(C)N2C(=O)CCn3nc(C)cc32)c1. The molecule has 1 N–H and O–H groups in total. The van der Waals surface area contributed by atoms with Gasteiger partial charge >= 0.3 is 5.97 Å². The van der Waals surface area contributed by atoms with E-state index in [4.69, 9.17) is 4.74 Å². The molecule has 142 valence electrons. The molecule has 0 saturated heterocycles. The lowest BCUT2D eigenvalue weighted by atomic mass is 10.1. The number of esters is 1. The van der Waals surface area contributed by atoms with Crippen LogP contribution < -0.4 is 10.2 Å². The minimum Gasteiger partial charge on any atom is -0.462 e. The van der Waals surface area contributed by atoms with Gasteiger partial charge in [-0.15, -0.1) is 0 Å². The second-order valence-electron chi connectivity index (χ2n) is 6.35. The molecular weight excluding hydrogens is 348 g/mol. The fraction of sp³-hybridized carbons (Fsp3) is 0.368. The molecule has 1 aliphatic rings. The molecule has 0 fully saturated rings. The average molecular weight is 370 g/mol. The van der Waals surface area contributed by atoms with E-state index in [0.717, 1.165) is 5.69 Å². The molecule has 0 bridgehead atoms. The van der Waals surface area contributed by atoms with Gasteiger partial charge < -0.3 is 10.1 Å². The van der Waals surface area contributed by atoms with E-state index < -0.39 is 12.0 Å². The minimum atomic E-state index is -0.723. The van der Waals surface area contributed by atoms with Crippen molar-refractivity contribution in [2.75, 3.05) is 16.8 Å². The van der Waals surface area contributed by atoms with E-state index >= 15 is 0 Å². The third-order valence-corrected chi connectivity index (χ3v) is 4.34. The van der Waals surface area contributed by atoms with Crippen LogP contribution in [0.1, 0.15) is 36.3 Å². The first-order chi connectivity index (χ1) is 12.9. The van der Waals surface area contributed by atoms with Crippen LogP contribution in [0.2, 0.25) is 0 Å². The smallest absolute Gasteiger partial charge is 0.338 e. The summed E-state index contributed by atoms with van der Waals surface area (Å²) in [5.41, 5.74) is 1.61. The molecular formula is C19H22N4O4. The number of nitrogens with zero attached hydrogens (tertiary/aromatic N) is 3. The van der Waals surface area contributed by atoms with E-state index in [2.05, 4.69) is 10.4 Å². The number of fused-ring (bicyclic) bond motifs is 1. The Morgan fingerprint density at radius 2 is 2.11 bits per heavy atom. The standard InChI is InChI=1S/C19H22N4O4/c1-4-27-19(26)14-6-5-7-15(11-14)20-18(25)13(3)23-16-10-12(2)21-22(16)9-8-17(23)24/h5-7,10-11,13H,4,8-9H2,1-3H3,(H,20,25). The molecule has 0 saturated carbocycles. The third-order valence-electron chi connectivity index (χ3n) is 4.34. The number of nitrogens with one attached hydrogen (secondary N) is 1. The second-order valence-corrected chi connectivity index (χ2v) is 6.35. The summed E-state index contributed by atoms with van der Waals surface area (Å²) in [6.07, 6.45) is 0.296. The highest BCUT2D eigenvalue weighted by Crippen LogP contribution is 2.25. The van der Waals surface area contributed by atoms with E-state index in [1.165, 1.54) is 4.90 Å².